The van der Waals surface area contributed by atoms with Crippen LogP contribution in [0.2, 0.25) is 0 Å². The molecule has 1 aromatic rings. The van der Waals surface area contributed by atoms with Gasteiger partial charge in [-0.05, 0) is 99.2 Å². The van der Waals surface area contributed by atoms with Crippen LogP contribution in [0, 0.1) is 35.2 Å². The van der Waals surface area contributed by atoms with Crippen molar-refractivity contribution >= 4 is 0 Å². The van der Waals surface area contributed by atoms with Gasteiger partial charge >= 0.3 is 0 Å². The van der Waals surface area contributed by atoms with Gasteiger partial charge in [0.15, 0.2) is 17.5 Å². The molecule has 0 heterocycles. The Morgan fingerprint density at radius 3 is 1.96 bits per heavy atom. The van der Waals surface area contributed by atoms with E-state index >= 15 is 0 Å². The van der Waals surface area contributed by atoms with Crippen LogP contribution in [-0.4, -0.2) is 0 Å². The molecule has 0 atom stereocenters. The van der Waals surface area contributed by atoms with Gasteiger partial charge in [0.1, 0.15) is 0 Å². The SMILES string of the molecule is CC/C=C/CCC[C@H]1CC[C@H]([C@H]2CC[C@H](c3cc(F)c(F)c(F)c3)CC2)CC1. The summed E-state index contributed by atoms with van der Waals surface area (Å²) < 4.78 is 40.3. The monoisotopic (exact) mass is 392 g/mol. The zero-order valence-corrected chi connectivity index (χ0v) is 17.2. The first-order chi connectivity index (χ1) is 13.6. The average Bonchev–Trinajstić information content (AvgIpc) is 2.72. The van der Waals surface area contributed by atoms with Crippen LogP contribution in [0.1, 0.15) is 95.5 Å². The van der Waals surface area contributed by atoms with E-state index in [4.69, 9.17) is 0 Å². The Morgan fingerprint density at radius 2 is 1.39 bits per heavy atom. The highest BCUT2D eigenvalue weighted by Gasteiger charge is 2.31. The van der Waals surface area contributed by atoms with Gasteiger partial charge in [-0.2, -0.15) is 0 Å². The summed E-state index contributed by atoms with van der Waals surface area (Å²) in [6.45, 7) is 2.18. The molecule has 0 aliphatic heterocycles. The highest BCUT2D eigenvalue weighted by Crippen LogP contribution is 2.44. The van der Waals surface area contributed by atoms with Crippen molar-refractivity contribution in [2.75, 3.05) is 0 Å². The largest absolute Gasteiger partial charge is 0.204 e. The third kappa shape index (κ3) is 5.64. The molecular weight excluding hydrogens is 357 g/mol. The maximum absolute atomic E-state index is 13.5. The van der Waals surface area contributed by atoms with E-state index in [9.17, 15) is 13.2 Å². The van der Waals surface area contributed by atoms with E-state index in [0.717, 1.165) is 49.9 Å². The number of halogens is 3. The van der Waals surface area contributed by atoms with Crippen molar-refractivity contribution in [1.29, 1.82) is 0 Å². The number of hydrogen-bond acceptors (Lipinski definition) is 0. The maximum Gasteiger partial charge on any atom is 0.194 e. The second kappa shape index (κ2) is 10.5. The van der Waals surface area contributed by atoms with Gasteiger partial charge < -0.3 is 0 Å². The normalized spacial score (nSPS) is 28.7. The molecule has 0 spiro atoms. The van der Waals surface area contributed by atoms with E-state index in [1.807, 2.05) is 0 Å². The molecule has 3 rings (SSSR count). The Balaban J connectivity index is 1.41. The van der Waals surface area contributed by atoms with Crippen LogP contribution < -0.4 is 0 Å². The van der Waals surface area contributed by atoms with Crippen LogP contribution in [0.25, 0.3) is 0 Å². The molecule has 2 saturated carbocycles. The van der Waals surface area contributed by atoms with E-state index in [0.29, 0.717) is 5.56 Å². The smallest absolute Gasteiger partial charge is 0.194 e. The molecular formula is C25H35F3. The minimum atomic E-state index is -1.35. The molecule has 0 aromatic heterocycles. The maximum atomic E-state index is 13.5. The van der Waals surface area contributed by atoms with Crippen molar-refractivity contribution in [3.05, 3.63) is 47.3 Å². The summed E-state index contributed by atoms with van der Waals surface area (Å²) in [5, 5.41) is 0. The molecule has 0 unspecified atom stereocenters. The van der Waals surface area contributed by atoms with Crippen molar-refractivity contribution in [1.82, 2.24) is 0 Å². The fourth-order valence-corrected chi connectivity index (χ4v) is 5.49. The summed E-state index contributed by atoms with van der Waals surface area (Å²) >= 11 is 0. The second-order valence-corrected chi connectivity index (χ2v) is 9.00. The van der Waals surface area contributed by atoms with Gasteiger partial charge in [-0.15, -0.1) is 0 Å². The van der Waals surface area contributed by atoms with Crippen LogP contribution in [0.3, 0.4) is 0 Å². The van der Waals surface area contributed by atoms with Gasteiger partial charge in [0.2, 0.25) is 0 Å². The van der Waals surface area contributed by atoms with Gasteiger partial charge in [0, 0.05) is 0 Å². The molecule has 2 aliphatic rings. The molecule has 28 heavy (non-hydrogen) atoms. The lowest BCUT2D eigenvalue weighted by Gasteiger charge is -2.38. The number of benzene rings is 1. The zero-order chi connectivity index (χ0) is 19.9. The first kappa shape index (κ1) is 21.5. The van der Waals surface area contributed by atoms with Gasteiger partial charge in [-0.25, -0.2) is 13.2 Å². The predicted molar refractivity (Wildman–Crippen MR) is 110 cm³/mol. The van der Waals surface area contributed by atoms with Gasteiger partial charge in [0.05, 0.1) is 0 Å². The van der Waals surface area contributed by atoms with Crippen LogP contribution in [-0.2, 0) is 0 Å². The molecule has 0 saturated heterocycles. The summed E-state index contributed by atoms with van der Waals surface area (Å²) in [7, 11) is 0. The number of hydrogen-bond donors (Lipinski definition) is 0. The predicted octanol–water partition coefficient (Wildman–Crippen LogP) is 8.32. The molecule has 2 aliphatic carbocycles. The highest BCUT2D eigenvalue weighted by atomic mass is 19.2. The zero-order valence-electron chi connectivity index (χ0n) is 17.2. The summed E-state index contributed by atoms with van der Waals surface area (Å²) in [5.41, 5.74) is 0.635. The van der Waals surface area contributed by atoms with Crippen molar-refractivity contribution < 1.29 is 13.2 Å². The van der Waals surface area contributed by atoms with Crippen LogP contribution >= 0.6 is 0 Å². The summed E-state index contributed by atoms with van der Waals surface area (Å²) in [6, 6.07) is 2.40. The molecule has 0 bridgehead atoms. The summed E-state index contributed by atoms with van der Waals surface area (Å²) in [4.78, 5) is 0. The van der Waals surface area contributed by atoms with Crippen molar-refractivity contribution in [3.8, 4) is 0 Å². The Labute approximate surface area is 168 Å². The van der Waals surface area contributed by atoms with E-state index < -0.39 is 17.5 Å². The molecule has 0 radical (unpaired) electrons. The Kier molecular flexibility index (Phi) is 8.05. The van der Waals surface area contributed by atoms with Gasteiger partial charge in [0.25, 0.3) is 0 Å². The summed E-state index contributed by atoms with van der Waals surface area (Å²) in [6.07, 6.45) is 19.3. The standard InChI is InChI=1S/C25H35F3/c1-2-3-4-5-6-7-18-8-10-19(11-9-18)20-12-14-21(15-13-20)22-16-23(26)25(28)24(27)17-22/h3-4,16-21H,2,5-15H2,1H3/b4-3+/t18-,19-,20-,21-. The average molecular weight is 393 g/mol. The minimum Gasteiger partial charge on any atom is -0.204 e. The highest BCUT2D eigenvalue weighted by molar-refractivity contribution is 5.23. The van der Waals surface area contributed by atoms with E-state index in [2.05, 4.69) is 19.1 Å². The fourth-order valence-electron chi connectivity index (χ4n) is 5.49. The lowest BCUT2D eigenvalue weighted by molar-refractivity contribution is 0.156. The third-order valence-electron chi connectivity index (χ3n) is 7.19. The Bertz CT molecular complexity index is 612. The minimum absolute atomic E-state index is 0.174. The first-order valence-corrected chi connectivity index (χ1v) is 11.4. The number of unbranched alkanes of at least 4 members (excludes halogenated alkanes) is 1. The molecule has 1 aromatic carbocycles. The van der Waals surface area contributed by atoms with Crippen molar-refractivity contribution in [2.24, 2.45) is 17.8 Å². The van der Waals surface area contributed by atoms with E-state index in [1.165, 1.54) is 57.1 Å². The summed E-state index contributed by atoms with van der Waals surface area (Å²) in [5.74, 6) is -0.781. The lowest BCUT2D eigenvalue weighted by atomic mass is 9.68. The molecule has 0 amide bonds. The molecule has 3 heteroatoms. The molecule has 156 valence electrons. The second-order valence-electron chi connectivity index (χ2n) is 9.00. The quantitative estimate of drug-likeness (QED) is 0.248. The molecule has 0 nitrogen and oxygen atoms in total. The molecule has 0 N–H and O–H groups in total. The first-order valence-electron chi connectivity index (χ1n) is 11.4. The van der Waals surface area contributed by atoms with Gasteiger partial charge in [-0.1, -0.05) is 38.3 Å². The number of rotatable bonds is 7. The van der Waals surface area contributed by atoms with Gasteiger partial charge in [-0.3, -0.25) is 0 Å². The lowest BCUT2D eigenvalue weighted by Crippen LogP contribution is -2.25. The van der Waals surface area contributed by atoms with Crippen LogP contribution in [0.5, 0.6) is 0 Å². The Hall–Kier alpha value is -1.25. The van der Waals surface area contributed by atoms with Crippen LogP contribution in [0.15, 0.2) is 24.3 Å². The van der Waals surface area contributed by atoms with Crippen molar-refractivity contribution in [2.45, 2.75) is 89.9 Å². The number of allylic oxidation sites excluding steroid dienone is 2. The topological polar surface area (TPSA) is 0 Å². The fraction of sp³-hybridized carbons (Fsp3) is 0.680. The Morgan fingerprint density at radius 1 is 0.821 bits per heavy atom. The molecule has 2 fully saturated rings. The van der Waals surface area contributed by atoms with Crippen LogP contribution in [0.4, 0.5) is 13.2 Å². The van der Waals surface area contributed by atoms with Crippen molar-refractivity contribution in [3.63, 3.8) is 0 Å². The third-order valence-corrected chi connectivity index (χ3v) is 7.19. The van der Waals surface area contributed by atoms with E-state index in [1.54, 1.807) is 0 Å². The van der Waals surface area contributed by atoms with E-state index in [-0.39, 0.29) is 5.92 Å².